The van der Waals surface area contributed by atoms with Gasteiger partial charge in [0.05, 0.1) is 17.6 Å². The van der Waals surface area contributed by atoms with Gasteiger partial charge in [-0.2, -0.15) is 5.26 Å². The summed E-state index contributed by atoms with van der Waals surface area (Å²) in [6.07, 6.45) is 1.38. The van der Waals surface area contributed by atoms with Gasteiger partial charge in [0, 0.05) is 0 Å². The molecule has 0 aliphatic heterocycles. The number of pyridine rings is 1. The first-order chi connectivity index (χ1) is 8.20. The predicted octanol–water partition coefficient (Wildman–Crippen LogP) is 2.98. The zero-order chi connectivity index (χ0) is 12.3. The molecule has 84 valence electrons. The van der Waals surface area contributed by atoms with Crippen molar-refractivity contribution in [1.82, 2.24) is 4.98 Å². The molecule has 2 aromatic rings. The molecule has 0 aliphatic rings. The van der Waals surface area contributed by atoms with Crippen LogP contribution in [-0.2, 0) is 0 Å². The van der Waals surface area contributed by atoms with Crippen LogP contribution in [0.4, 0.5) is 20.2 Å². The highest BCUT2D eigenvalue weighted by Crippen LogP contribution is 2.21. The number of anilines is 2. The smallest absolute Gasteiger partial charge is 0.182 e. The molecule has 0 atom stereocenters. The summed E-state index contributed by atoms with van der Waals surface area (Å²) in [6.45, 7) is 0. The topological polar surface area (TPSA) is 48.7 Å². The maximum atomic E-state index is 13.3. The van der Waals surface area contributed by atoms with E-state index in [9.17, 15) is 8.78 Å². The highest BCUT2D eigenvalue weighted by molar-refractivity contribution is 5.59. The van der Waals surface area contributed by atoms with Crippen LogP contribution in [0.1, 0.15) is 5.69 Å². The van der Waals surface area contributed by atoms with Crippen LogP contribution in [0.25, 0.3) is 0 Å². The Kier molecular flexibility index (Phi) is 2.97. The molecule has 1 aromatic heterocycles. The molecule has 5 heteroatoms. The van der Waals surface area contributed by atoms with Crippen molar-refractivity contribution < 1.29 is 8.78 Å². The van der Waals surface area contributed by atoms with E-state index in [1.807, 2.05) is 6.07 Å². The van der Waals surface area contributed by atoms with E-state index in [0.29, 0.717) is 5.69 Å². The van der Waals surface area contributed by atoms with Gasteiger partial charge in [-0.3, -0.25) is 0 Å². The Morgan fingerprint density at radius 2 is 2.00 bits per heavy atom. The molecule has 0 bridgehead atoms. The van der Waals surface area contributed by atoms with Crippen molar-refractivity contribution in [3.05, 3.63) is 53.9 Å². The van der Waals surface area contributed by atoms with Crippen LogP contribution in [0.5, 0.6) is 0 Å². The lowest BCUT2D eigenvalue weighted by Crippen LogP contribution is -1.96. The predicted molar refractivity (Wildman–Crippen MR) is 58.6 cm³/mol. The monoisotopic (exact) mass is 231 g/mol. The third-order valence-electron chi connectivity index (χ3n) is 2.11. The van der Waals surface area contributed by atoms with Gasteiger partial charge in [0.1, 0.15) is 11.8 Å². The van der Waals surface area contributed by atoms with Crippen molar-refractivity contribution in [2.75, 3.05) is 5.32 Å². The summed E-state index contributed by atoms with van der Waals surface area (Å²) >= 11 is 0. The molecular formula is C12H7F2N3. The van der Waals surface area contributed by atoms with Crippen molar-refractivity contribution in [3.8, 4) is 6.07 Å². The van der Waals surface area contributed by atoms with Crippen LogP contribution < -0.4 is 5.32 Å². The average molecular weight is 231 g/mol. The molecule has 0 spiro atoms. The quantitative estimate of drug-likeness (QED) is 0.864. The van der Waals surface area contributed by atoms with Crippen LogP contribution in [0.2, 0.25) is 0 Å². The second-order valence-electron chi connectivity index (χ2n) is 3.27. The highest BCUT2D eigenvalue weighted by atomic mass is 19.2. The largest absolute Gasteiger partial charge is 0.352 e. The molecule has 0 radical (unpaired) electrons. The lowest BCUT2D eigenvalue weighted by Gasteiger charge is -2.07. The molecule has 3 nitrogen and oxygen atoms in total. The Balaban J connectivity index is 2.26. The normalized spacial score (nSPS) is 9.71. The molecule has 17 heavy (non-hydrogen) atoms. The number of nitrogens with zero attached hydrogens (tertiary/aromatic N) is 2. The van der Waals surface area contributed by atoms with Crippen molar-refractivity contribution in [2.45, 2.75) is 0 Å². The van der Waals surface area contributed by atoms with Gasteiger partial charge in [0.25, 0.3) is 0 Å². The van der Waals surface area contributed by atoms with Gasteiger partial charge in [-0.15, -0.1) is 0 Å². The first-order valence-electron chi connectivity index (χ1n) is 4.78. The number of aromatic nitrogens is 1. The average Bonchev–Trinajstić information content (AvgIpc) is 2.36. The van der Waals surface area contributed by atoms with Gasteiger partial charge in [0.2, 0.25) is 0 Å². The van der Waals surface area contributed by atoms with Crippen LogP contribution in [0.15, 0.2) is 36.5 Å². The number of nitrogens with one attached hydrogen (secondary N) is 1. The summed E-state index contributed by atoms with van der Waals surface area (Å²) in [5.41, 5.74) is 0.764. The Bertz CT molecular complexity index is 573. The Hall–Kier alpha value is -2.48. The summed E-state index contributed by atoms with van der Waals surface area (Å²) in [5.74, 6) is -1.87. The summed E-state index contributed by atoms with van der Waals surface area (Å²) in [7, 11) is 0. The summed E-state index contributed by atoms with van der Waals surface area (Å²) in [5, 5.41) is 11.2. The summed E-state index contributed by atoms with van der Waals surface area (Å²) < 4.78 is 26.2. The third kappa shape index (κ3) is 2.37. The second-order valence-corrected chi connectivity index (χ2v) is 3.27. The SMILES string of the molecule is N#Cc1ccc(Nc2cccc(F)c2F)cn1. The van der Waals surface area contributed by atoms with Crippen molar-refractivity contribution in [3.63, 3.8) is 0 Å². The van der Waals surface area contributed by atoms with E-state index in [1.54, 1.807) is 6.07 Å². The first-order valence-corrected chi connectivity index (χ1v) is 4.78. The highest BCUT2D eigenvalue weighted by Gasteiger charge is 2.07. The van der Waals surface area contributed by atoms with Gasteiger partial charge in [-0.1, -0.05) is 6.07 Å². The Labute approximate surface area is 96.3 Å². The maximum absolute atomic E-state index is 13.3. The van der Waals surface area contributed by atoms with Gasteiger partial charge >= 0.3 is 0 Å². The van der Waals surface area contributed by atoms with Gasteiger partial charge < -0.3 is 5.32 Å². The Morgan fingerprint density at radius 3 is 2.65 bits per heavy atom. The maximum Gasteiger partial charge on any atom is 0.182 e. The molecule has 0 saturated heterocycles. The lowest BCUT2D eigenvalue weighted by molar-refractivity contribution is 0.512. The third-order valence-corrected chi connectivity index (χ3v) is 2.11. The summed E-state index contributed by atoms with van der Waals surface area (Å²) in [4.78, 5) is 3.81. The van der Waals surface area contributed by atoms with Crippen LogP contribution in [-0.4, -0.2) is 4.98 Å². The number of hydrogen-bond acceptors (Lipinski definition) is 3. The Morgan fingerprint density at radius 1 is 1.18 bits per heavy atom. The van der Waals surface area contributed by atoms with Gasteiger partial charge in [-0.25, -0.2) is 13.8 Å². The van der Waals surface area contributed by atoms with Gasteiger partial charge in [-0.05, 0) is 24.3 Å². The zero-order valence-electron chi connectivity index (χ0n) is 8.61. The van der Waals surface area contributed by atoms with E-state index in [4.69, 9.17) is 5.26 Å². The molecule has 0 fully saturated rings. The minimum atomic E-state index is -0.947. The van der Waals surface area contributed by atoms with E-state index in [2.05, 4.69) is 10.3 Å². The van der Waals surface area contributed by atoms with Crippen LogP contribution in [0, 0.1) is 23.0 Å². The fraction of sp³-hybridized carbons (Fsp3) is 0. The lowest BCUT2D eigenvalue weighted by atomic mass is 10.2. The molecule has 1 heterocycles. The number of hydrogen-bond donors (Lipinski definition) is 1. The minimum Gasteiger partial charge on any atom is -0.352 e. The zero-order valence-corrected chi connectivity index (χ0v) is 8.61. The molecule has 1 N–H and O–H groups in total. The van der Waals surface area contributed by atoms with Crippen molar-refractivity contribution in [2.24, 2.45) is 0 Å². The number of benzene rings is 1. The fourth-order valence-electron chi connectivity index (χ4n) is 1.29. The fourth-order valence-corrected chi connectivity index (χ4v) is 1.29. The van der Waals surface area contributed by atoms with Crippen LogP contribution >= 0.6 is 0 Å². The standard InChI is InChI=1S/C12H7F2N3/c13-10-2-1-3-11(12(10)14)17-9-5-4-8(6-15)16-7-9/h1-5,7,17H. The number of halogens is 2. The summed E-state index contributed by atoms with van der Waals surface area (Å²) in [6, 6.07) is 8.77. The minimum absolute atomic E-state index is 0.0245. The van der Waals surface area contributed by atoms with E-state index >= 15 is 0 Å². The van der Waals surface area contributed by atoms with Crippen molar-refractivity contribution >= 4 is 11.4 Å². The molecule has 0 amide bonds. The molecular weight excluding hydrogens is 224 g/mol. The van der Waals surface area contributed by atoms with E-state index in [-0.39, 0.29) is 11.4 Å². The molecule has 1 aromatic carbocycles. The van der Waals surface area contributed by atoms with E-state index < -0.39 is 11.6 Å². The van der Waals surface area contributed by atoms with Gasteiger partial charge in [0.15, 0.2) is 11.6 Å². The second kappa shape index (κ2) is 4.58. The number of nitriles is 1. The molecule has 2 rings (SSSR count). The van der Waals surface area contributed by atoms with E-state index in [1.165, 1.54) is 24.4 Å². The molecule has 0 aliphatic carbocycles. The molecule has 0 unspecified atom stereocenters. The molecule has 0 saturated carbocycles. The first kappa shape index (κ1) is 11.0. The van der Waals surface area contributed by atoms with Crippen molar-refractivity contribution in [1.29, 1.82) is 5.26 Å². The van der Waals surface area contributed by atoms with E-state index in [0.717, 1.165) is 6.07 Å². The van der Waals surface area contributed by atoms with Crippen LogP contribution in [0.3, 0.4) is 0 Å². The number of rotatable bonds is 2.